The summed E-state index contributed by atoms with van der Waals surface area (Å²) in [5.41, 5.74) is 6.82. The lowest BCUT2D eigenvalue weighted by atomic mass is 10.1. The Labute approximate surface area is 393 Å². The van der Waals surface area contributed by atoms with Crippen LogP contribution >= 0.6 is 0 Å². The average Bonchev–Trinajstić information content (AvgIpc) is 3.32. The summed E-state index contributed by atoms with van der Waals surface area (Å²) in [6.45, 7) is 14.3. The maximum atomic E-state index is 6.15. The third-order valence-electron chi connectivity index (χ3n) is 10.3. The molecule has 0 aliphatic heterocycles. The summed E-state index contributed by atoms with van der Waals surface area (Å²) in [4.78, 5) is 22.4. The number of hydrogen-bond donors (Lipinski definition) is 0. The fourth-order valence-corrected chi connectivity index (χ4v) is 7.03. The van der Waals surface area contributed by atoms with E-state index in [-0.39, 0.29) is 29.9 Å². The van der Waals surface area contributed by atoms with Gasteiger partial charge < -0.3 is 28.4 Å². The van der Waals surface area contributed by atoms with E-state index in [4.69, 9.17) is 28.4 Å². The molecule has 0 aliphatic rings. The molecule has 7 aromatic rings. The SMILES string of the molecule is C=C(N=C(N=C(C)Oc1ccc(-c2ccc(Oc3nc(Oc4ccc(CCC)cc4)nc(Oc4ccc(CCC)cc4)n3)cc2)cc1)Oc1ccc(CCC)cc1)Oc1ccc(CCC)cc1. The normalized spacial score (nSPS) is 11.5. The average molecular weight is 896 g/mol. The minimum Gasteiger partial charge on any atom is -0.443 e. The monoisotopic (exact) mass is 895 g/mol. The highest BCUT2D eigenvalue weighted by Gasteiger charge is 2.14. The molecule has 0 amide bonds. The number of ether oxygens (including phenoxy) is 6. The van der Waals surface area contributed by atoms with Crippen molar-refractivity contribution in [2.45, 2.75) is 86.0 Å². The molecule has 342 valence electrons. The molecule has 0 saturated heterocycles. The van der Waals surface area contributed by atoms with E-state index in [2.05, 4.69) is 59.2 Å². The van der Waals surface area contributed by atoms with Gasteiger partial charge in [0.25, 0.3) is 0 Å². The molecule has 1 aromatic heterocycles. The van der Waals surface area contributed by atoms with Crippen molar-refractivity contribution in [3.05, 3.63) is 180 Å². The summed E-state index contributed by atoms with van der Waals surface area (Å²) in [5.74, 6) is 3.89. The largest absolute Gasteiger partial charge is 0.443 e. The van der Waals surface area contributed by atoms with E-state index in [1.165, 1.54) is 22.3 Å². The lowest BCUT2D eigenvalue weighted by Crippen LogP contribution is -2.13. The summed E-state index contributed by atoms with van der Waals surface area (Å²) in [6.07, 6.45) is 8.18. The van der Waals surface area contributed by atoms with Gasteiger partial charge in [-0.05, 0) is 138 Å². The van der Waals surface area contributed by atoms with Crippen LogP contribution in [0.4, 0.5) is 0 Å². The van der Waals surface area contributed by atoms with Crippen molar-refractivity contribution in [3.63, 3.8) is 0 Å². The summed E-state index contributed by atoms with van der Waals surface area (Å²) in [7, 11) is 0. The Kier molecular flexibility index (Phi) is 16.9. The number of nitrogens with zero attached hydrogens (tertiary/aromatic N) is 5. The van der Waals surface area contributed by atoms with Crippen LogP contribution in [0.2, 0.25) is 0 Å². The van der Waals surface area contributed by atoms with Crippen LogP contribution in [0.3, 0.4) is 0 Å². The minimum atomic E-state index is 0.0196. The zero-order valence-corrected chi connectivity index (χ0v) is 38.9. The Morgan fingerprint density at radius 3 is 1.04 bits per heavy atom. The van der Waals surface area contributed by atoms with Crippen LogP contribution in [0.1, 0.15) is 82.6 Å². The third-order valence-corrected chi connectivity index (χ3v) is 10.3. The second-order valence-electron chi connectivity index (χ2n) is 15.8. The molecule has 0 N–H and O–H groups in total. The number of aromatic nitrogens is 3. The Morgan fingerprint density at radius 1 is 0.388 bits per heavy atom. The number of amidine groups is 1. The molecule has 0 aliphatic carbocycles. The van der Waals surface area contributed by atoms with Gasteiger partial charge in [0, 0.05) is 6.92 Å². The van der Waals surface area contributed by atoms with Crippen LogP contribution in [0.25, 0.3) is 11.1 Å². The van der Waals surface area contributed by atoms with Crippen LogP contribution in [0.15, 0.2) is 168 Å². The van der Waals surface area contributed by atoms with Crippen LogP contribution in [-0.2, 0) is 25.7 Å². The molecule has 0 radical (unpaired) electrons. The first-order valence-electron chi connectivity index (χ1n) is 23.0. The van der Waals surface area contributed by atoms with Gasteiger partial charge in [0.2, 0.25) is 5.88 Å². The molecule has 11 heteroatoms. The van der Waals surface area contributed by atoms with E-state index < -0.39 is 0 Å². The molecule has 0 spiro atoms. The molecular formula is C56H57N5O6. The summed E-state index contributed by atoms with van der Waals surface area (Å²) in [5, 5.41) is 0. The van der Waals surface area contributed by atoms with Crippen LogP contribution in [-0.4, -0.2) is 26.9 Å². The first-order valence-corrected chi connectivity index (χ1v) is 23.0. The molecule has 6 aromatic carbocycles. The number of hydrogen-bond acceptors (Lipinski definition) is 10. The quantitative estimate of drug-likeness (QED) is 0.0418. The van der Waals surface area contributed by atoms with Crippen LogP contribution in [0, 0.1) is 0 Å². The van der Waals surface area contributed by atoms with Gasteiger partial charge in [0.05, 0.1) is 0 Å². The highest BCUT2D eigenvalue weighted by atomic mass is 16.5. The van der Waals surface area contributed by atoms with E-state index in [0.29, 0.717) is 40.4 Å². The van der Waals surface area contributed by atoms with Gasteiger partial charge in [-0.2, -0.15) is 9.98 Å². The predicted octanol–water partition coefficient (Wildman–Crippen LogP) is 14.5. The molecular weight excluding hydrogens is 839 g/mol. The number of aryl methyl sites for hydroxylation is 4. The molecule has 0 bridgehead atoms. The van der Waals surface area contributed by atoms with Gasteiger partial charge in [-0.1, -0.05) is 126 Å². The third kappa shape index (κ3) is 14.6. The fourth-order valence-electron chi connectivity index (χ4n) is 7.03. The van der Waals surface area contributed by atoms with Crippen molar-refractivity contribution in [1.29, 1.82) is 0 Å². The molecule has 0 fully saturated rings. The van der Waals surface area contributed by atoms with Crippen molar-refractivity contribution < 1.29 is 28.4 Å². The zero-order chi connectivity index (χ0) is 46.8. The van der Waals surface area contributed by atoms with Gasteiger partial charge in [-0.25, -0.2) is 0 Å². The molecule has 67 heavy (non-hydrogen) atoms. The maximum Gasteiger partial charge on any atom is 0.331 e. The number of benzene rings is 6. The van der Waals surface area contributed by atoms with Crippen molar-refractivity contribution in [3.8, 4) is 63.7 Å². The number of rotatable bonds is 20. The van der Waals surface area contributed by atoms with E-state index in [1.54, 1.807) is 6.92 Å². The van der Waals surface area contributed by atoms with Gasteiger partial charge in [-0.15, -0.1) is 15.0 Å². The standard InChI is InChI=1S/C56H57N5O6/c1-7-11-41-15-27-47(28-16-41)62-39(5)57-53(64-49-29-17-42(12-8-2)18-30-49)58-40(6)63-48-35-23-45(24-36-48)46-25-37-52(38-26-46)67-56-60-54(65-50-31-19-43(13-9-3)20-32-50)59-55(61-56)66-51-33-21-44(14-10-4)22-34-51/h15-38H,5,7-14H2,1-4,6H3. The lowest BCUT2D eigenvalue weighted by molar-refractivity contribution is 0.362. The van der Waals surface area contributed by atoms with Gasteiger partial charge >= 0.3 is 24.1 Å². The van der Waals surface area contributed by atoms with Gasteiger partial charge in [0.1, 0.15) is 34.5 Å². The van der Waals surface area contributed by atoms with Crippen molar-refractivity contribution in [2.24, 2.45) is 9.98 Å². The molecule has 0 saturated carbocycles. The summed E-state index contributed by atoms with van der Waals surface area (Å²) >= 11 is 0. The Hall–Kier alpha value is -7.79. The van der Waals surface area contributed by atoms with Crippen LogP contribution < -0.4 is 28.4 Å². The van der Waals surface area contributed by atoms with Crippen LogP contribution in [0.5, 0.6) is 52.5 Å². The van der Waals surface area contributed by atoms with Gasteiger partial charge in [0.15, 0.2) is 5.90 Å². The zero-order valence-electron chi connectivity index (χ0n) is 38.9. The van der Waals surface area contributed by atoms with Crippen molar-refractivity contribution >= 4 is 11.9 Å². The minimum absolute atomic E-state index is 0.0196. The Balaban J connectivity index is 1.03. The lowest BCUT2D eigenvalue weighted by Gasteiger charge is -2.11. The van der Waals surface area contributed by atoms with E-state index in [1.807, 2.05) is 146 Å². The predicted molar refractivity (Wildman–Crippen MR) is 265 cm³/mol. The molecule has 7 rings (SSSR count). The topological polar surface area (TPSA) is 119 Å². The first kappa shape index (κ1) is 47.2. The molecule has 0 atom stereocenters. The molecule has 1 heterocycles. The Morgan fingerprint density at radius 2 is 0.687 bits per heavy atom. The number of aliphatic imine (C=N–C) groups is 2. The van der Waals surface area contributed by atoms with Crippen molar-refractivity contribution in [1.82, 2.24) is 15.0 Å². The first-order chi connectivity index (χ1) is 32.7. The molecule has 0 unspecified atom stereocenters. The van der Waals surface area contributed by atoms with E-state index in [0.717, 1.165) is 62.5 Å². The second kappa shape index (κ2) is 23.9. The molecule has 11 nitrogen and oxygen atoms in total. The highest BCUT2D eigenvalue weighted by molar-refractivity contribution is 5.91. The highest BCUT2D eigenvalue weighted by Crippen LogP contribution is 2.30. The summed E-state index contributed by atoms with van der Waals surface area (Å²) < 4.78 is 36.5. The van der Waals surface area contributed by atoms with Gasteiger partial charge in [-0.3, -0.25) is 0 Å². The fraction of sp³-hybridized carbons (Fsp3) is 0.232. The summed E-state index contributed by atoms with van der Waals surface area (Å²) in [6, 6.07) is 46.8. The second-order valence-corrected chi connectivity index (χ2v) is 15.8. The van der Waals surface area contributed by atoms with E-state index >= 15 is 0 Å². The Bertz CT molecular complexity index is 2650. The smallest absolute Gasteiger partial charge is 0.331 e. The van der Waals surface area contributed by atoms with Crippen molar-refractivity contribution in [2.75, 3.05) is 0 Å². The maximum absolute atomic E-state index is 6.15. The van der Waals surface area contributed by atoms with E-state index in [9.17, 15) is 0 Å².